The fraction of sp³-hybridized carbons (Fsp3) is 0.636. The molecular formula is C22H32F2N2O4. The van der Waals surface area contributed by atoms with Gasteiger partial charge in [-0.3, -0.25) is 9.59 Å². The molecule has 30 heavy (non-hydrogen) atoms. The highest BCUT2D eigenvalue weighted by molar-refractivity contribution is 5.76. The fourth-order valence-corrected chi connectivity index (χ4v) is 4.18. The molecule has 1 aromatic rings. The predicted octanol–water partition coefficient (Wildman–Crippen LogP) is 3.05. The number of halogens is 2. The molecule has 0 radical (unpaired) electrons. The summed E-state index contributed by atoms with van der Waals surface area (Å²) in [5.41, 5.74) is 0.421. The first kappa shape index (κ1) is 24.2. The summed E-state index contributed by atoms with van der Waals surface area (Å²) in [4.78, 5) is 23.1. The van der Waals surface area contributed by atoms with Crippen LogP contribution < -0.4 is 5.32 Å². The van der Waals surface area contributed by atoms with Crippen molar-refractivity contribution in [1.29, 1.82) is 0 Å². The molecule has 2 heterocycles. The number of carbonyl (C=O) groups excluding carboxylic acids is 1. The average Bonchev–Trinajstić information content (AvgIpc) is 3.07. The van der Waals surface area contributed by atoms with Gasteiger partial charge >= 0.3 is 0 Å². The summed E-state index contributed by atoms with van der Waals surface area (Å²) in [6, 6.07) is 3.29. The Morgan fingerprint density at radius 3 is 2.63 bits per heavy atom. The quantitative estimate of drug-likeness (QED) is 0.656. The van der Waals surface area contributed by atoms with Gasteiger partial charge in [-0.05, 0) is 55.5 Å². The summed E-state index contributed by atoms with van der Waals surface area (Å²) in [5.74, 6) is 0.243. The molecular weight excluding hydrogens is 394 g/mol. The molecule has 0 bridgehead atoms. The molecule has 2 fully saturated rings. The van der Waals surface area contributed by atoms with E-state index in [-0.39, 0.29) is 25.0 Å². The number of piperidine rings is 1. The number of amides is 1. The molecule has 168 valence electrons. The van der Waals surface area contributed by atoms with Crippen LogP contribution in [-0.2, 0) is 20.9 Å². The van der Waals surface area contributed by atoms with Crippen LogP contribution in [0.3, 0.4) is 0 Å². The average molecular weight is 427 g/mol. The number of hydrogen-bond donors (Lipinski definition) is 2. The Bertz CT molecular complexity index is 681. The highest BCUT2D eigenvalue weighted by atomic mass is 19.1. The maximum Gasteiger partial charge on any atom is 0.290 e. The summed E-state index contributed by atoms with van der Waals surface area (Å²) in [7, 11) is 0. The summed E-state index contributed by atoms with van der Waals surface area (Å²) in [6.07, 6.45) is 2.54. The van der Waals surface area contributed by atoms with E-state index in [0.717, 1.165) is 38.7 Å². The second kappa shape index (κ2) is 12.0. The highest BCUT2D eigenvalue weighted by Crippen LogP contribution is 2.36. The minimum absolute atomic E-state index is 0.0495. The molecule has 6 nitrogen and oxygen atoms in total. The molecule has 0 aliphatic carbocycles. The second-order valence-electron chi connectivity index (χ2n) is 8.43. The third-order valence-corrected chi connectivity index (χ3v) is 5.70. The lowest BCUT2D eigenvalue weighted by Gasteiger charge is -2.35. The Kier molecular flexibility index (Phi) is 9.65. The number of fused-ring (bicyclic) bond motifs is 1. The number of rotatable bonds is 7. The van der Waals surface area contributed by atoms with E-state index in [1.54, 1.807) is 0 Å². The number of ether oxygens (including phenoxy) is 1. The largest absolute Gasteiger partial charge is 0.483 e. The van der Waals surface area contributed by atoms with Gasteiger partial charge in [-0.2, -0.15) is 0 Å². The molecule has 1 amide bonds. The SMILES string of the molecule is CC(C)CCN1CC[C@@H]2[C@@H](CO[C@H]2CC(=O)NCc2cc(F)cc(F)c2)C1.O=CO. The second-order valence-corrected chi connectivity index (χ2v) is 8.43. The zero-order valence-corrected chi connectivity index (χ0v) is 17.7. The lowest BCUT2D eigenvalue weighted by molar-refractivity contribution is -0.124. The maximum atomic E-state index is 13.2. The van der Waals surface area contributed by atoms with Crippen LogP contribution >= 0.6 is 0 Å². The highest BCUT2D eigenvalue weighted by Gasteiger charge is 2.41. The molecule has 3 rings (SSSR count). The first-order valence-corrected chi connectivity index (χ1v) is 10.5. The van der Waals surface area contributed by atoms with Gasteiger partial charge in [0.1, 0.15) is 11.6 Å². The van der Waals surface area contributed by atoms with Crippen molar-refractivity contribution in [2.45, 2.75) is 45.8 Å². The molecule has 1 aromatic carbocycles. The van der Waals surface area contributed by atoms with Crippen molar-refractivity contribution in [1.82, 2.24) is 10.2 Å². The summed E-state index contributed by atoms with van der Waals surface area (Å²) in [5, 5.41) is 9.64. The molecule has 0 saturated carbocycles. The van der Waals surface area contributed by atoms with Gasteiger partial charge in [0, 0.05) is 25.1 Å². The van der Waals surface area contributed by atoms with Gasteiger partial charge in [0.15, 0.2) is 0 Å². The van der Waals surface area contributed by atoms with Crippen molar-refractivity contribution in [3.8, 4) is 0 Å². The Balaban J connectivity index is 0.00000101. The normalized spacial score (nSPS) is 23.4. The molecule has 0 unspecified atom stereocenters. The molecule has 3 atom stereocenters. The number of carbonyl (C=O) groups is 2. The number of benzene rings is 1. The van der Waals surface area contributed by atoms with Crippen LogP contribution in [0.4, 0.5) is 8.78 Å². The maximum absolute atomic E-state index is 13.2. The molecule has 2 aliphatic rings. The van der Waals surface area contributed by atoms with Gasteiger partial charge in [0.05, 0.1) is 19.1 Å². The van der Waals surface area contributed by atoms with E-state index in [1.807, 2.05) is 0 Å². The summed E-state index contributed by atoms with van der Waals surface area (Å²) in [6.45, 7) is 8.34. The Labute approximate surface area is 176 Å². The Morgan fingerprint density at radius 1 is 1.33 bits per heavy atom. The predicted molar refractivity (Wildman–Crippen MR) is 109 cm³/mol. The van der Waals surface area contributed by atoms with Crippen molar-refractivity contribution >= 4 is 12.4 Å². The van der Waals surface area contributed by atoms with Crippen molar-refractivity contribution in [2.24, 2.45) is 17.8 Å². The summed E-state index contributed by atoms with van der Waals surface area (Å²) >= 11 is 0. The third-order valence-electron chi connectivity index (χ3n) is 5.70. The van der Waals surface area contributed by atoms with Crippen LogP contribution in [0, 0.1) is 29.4 Å². The molecule has 2 aliphatic heterocycles. The van der Waals surface area contributed by atoms with Crippen LogP contribution in [0.2, 0.25) is 0 Å². The number of nitrogens with zero attached hydrogens (tertiary/aromatic N) is 1. The summed E-state index contributed by atoms with van der Waals surface area (Å²) < 4.78 is 32.4. The standard InChI is InChI=1S/C21H30F2N2O2.CH2O2/c1-14(2)3-5-25-6-4-19-16(12-25)13-27-20(19)10-21(26)24-11-15-7-17(22)9-18(23)8-15;2-1-3/h7-9,14,16,19-20H,3-6,10-13H2,1-2H3,(H,24,26);1H,(H,2,3)/t16-,19-,20+;/m1./s1. The topological polar surface area (TPSA) is 78.9 Å². The molecule has 0 spiro atoms. The first-order chi connectivity index (χ1) is 14.3. The lowest BCUT2D eigenvalue weighted by Crippen LogP contribution is -2.42. The van der Waals surface area contributed by atoms with Gasteiger partial charge in [-0.25, -0.2) is 8.78 Å². The molecule has 8 heteroatoms. The lowest BCUT2D eigenvalue weighted by atomic mass is 9.83. The number of likely N-dealkylation sites (tertiary alicyclic amines) is 1. The van der Waals surface area contributed by atoms with Gasteiger partial charge < -0.3 is 20.1 Å². The zero-order chi connectivity index (χ0) is 22.1. The van der Waals surface area contributed by atoms with Crippen LogP contribution in [0.5, 0.6) is 0 Å². The minimum Gasteiger partial charge on any atom is -0.483 e. The number of nitrogens with one attached hydrogen (secondary N) is 1. The van der Waals surface area contributed by atoms with E-state index in [9.17, 15) is 13.6 Å². The molecule has 0 aromatic heterocycles. The van der Waals surface area contributed by atoms with Crippen LogP contribution in [0.25, 0.3) is 0 Å². The minimum atomic E-state index is -0.634. The van der Waals surface area contributed by atoms with Crippen molar-refractivity contribution in [2.75, 3.05) is 26.2 Å². The van der Waals surface area contributed by atoms with E-state index in [0.29, 0.717) is 29.7 Å². The van der Waals surface area contributed by atoms with E-state index in [4.69, 9.17) is 14.6 Å². The third kappa shape index (κ3) is 7.65. The number of carboxylic acid groups (broad SMARTS) is 1. The Morgan fingerprint density at radius 2 is 2.00 bits per heavy atom. The smallest absolute Gasteiger partial charge is 0.290 e. The van der Waals surface area contributed by atoms with Crippen LogP contribution in [0.15, 0.2) is 18.2 Å². The van der Waals surface area contributed by atoms with Gasteiger partial charge in [-0.15, -0.1) is 0 Å². The zero-order valence-electron chi connectivity index (χ0n) is 17.7. The van der Waals surface area contributed by atoms with Crippen LogP contribution in [-0.4, -0.2) is 54.7 Å². The van der Waals surface area contributed by atoms with Crippen molar-refractivity contribution < 1.29 is 28.2 Å². The number of hydrogen-bond acceptors (Lipinski definition) is 4. The van der Waals surface area contributed by atoms with Crippen LogP contribution in [0.1, 0.15) is 38.7 Å². The Hall–Kier alpha value is -2.06. The fourth-order valence-electron chi connectivity index (χ4n) is 4.18. The first-order valence-electron chi connectivity index (χ1n) is 10.5. The van der Waals surface area contributed by atoms with Crippen molar-refractivity contribution in [3.05, 3.63) is 35.4 Å². The van der Waals surface area contributed by atoms with Gasteiger partial charge in [0.2, 0.25) is 5.91 Å². The molecule has 2 N–H and O–H groups in total. The van der Waals surface area contributed by atoms with Crippen molar-refractivity contribution in [3.63, 3.8) is 0 Å². The van der Waals surface area contributed by atoms with Gasteiger partial charge in [0.25, 0.3) is 6.47 Å². The van der Waals surface area contributed by atoms with E-state index in [1.165, 1.54) is 18.6 Å². The van der Waals surface area contributed by atoms with E-state index < -0.39 is 11.6 Å². The monoisotopic (exact) mass is 426 g/mol. The van der Waals surface area contributed by atoms with Gasteiger partial charge in [-0.1, -0.05) is 13.8 Å². The van der Waals surface area contributed by atoms with E-state index in [2.05, 4.69) is 24.1 Å². The molecule has 2 saturated heterocycles. The van der Waals surface area contributed by atoms with E-state index >= 15 is 0 Å².